The number of nitrogens with one attached hydrogen (secondary N) is 2. The van der Waals surface area contributed by atoms with Gasteiger partial charge in [-0.3, -0.25) is 24.2 Å². The van der Waals surface area contributed by atoms with Crippen LogP contribution in [0.5, 0.6) is 11.5 Å². The number of carbonyl (C=O) groups excluding carboxylic acids is 4. The van der Waals surface area contributed by atoms with E-state index in [1.54, 1.807) is 66.0 Å². The van der Waals surface area contributed by atoms with Crippen molar-refractivity contribution in [1.82, 2.24) is 15.5 Å². The van der Waals surface area contributed by atoms with E-state index in [1.165, 1.54) is 6.92 Å². The van der Waals surface area contributed by atoms with E-state index in [4.69, 9.17) is 23.9 Å². The number of aliphatic imine (C=N–C) groups is 1. The first-order chi connectivity index (χ1) is 30.0. The first-order valence-electron chi connectivity index (χ1n) is 22.9. The monoisotopic (exact) mass is 889 g/mol. The highest BCUT2D eigenvalue weighted by Crippen LogP contribution is 2.46. The van der Waals surface area contributed by atoms with Crippen molar-refractivity contribution in [2.45, 2.75) is 139 Å². The smallest absolute Gasteiger partial charge is 0.302 e. The minimum atomic E-state index is -1.50. The number of fused-ring (bicyclic) bond motifs is 2. The summed E-state index contributed by atoms with van der Waals surface area (Å²) in [6.07, 6.45) is 8.66. The van der Waals surface area contributed by atoms with Gasteiger partial charge >= 0.3 is 5.97 Å². The van der Waals surface area contributed by atoms with Gasteiger partial charge in [0.25, 0.3) is 5.91 Å². The molecule has 1 saturated heterocycles. The summed E-state index contributed by atoms with van der Waals surface area (Å²) in [5.74, 6) is -4.30. The summed E-state index contributed by atoms with van der Waals surface area (Å²) in [6, 6.07) is 0. The van der Waals surface area contributed by atoms with E-state index in [2.05, 4.69) is 29.4 Å². The molecule has 64 heavy (non-hydrogen) atoms. The second-order valence-electron chi connectivity index (χ2n) is 19.2. The quantitative estimate of drug-likeness (QED) is 0.118. The van der Waals surface area contributed by atoms with Crippen LogP contribution in [0.4, 0.5) is 0 Å². The standard InChI is InChI=1S/C50H72N4O10/c1-14-62-47-32(8)43(57)39-38-37(47)35(56)19-16-20-36(61-13)31(7)46(63-34(10)55)33(9)45(64-49(11,12)60)30(6)25-28(4)17-15-18-29(5)48(59)51-42(44(39)58)41-40(38)52-50(53-41)21-23-54(24-22-50)26-27(2)3/h15-18,20,27-28,30-31,33,36,45-46,53,57,60H,14,19,21-26H2,1-13H3,(H,51,59)/b17-15+,20-16+,29-18-/t28-,30+,31+,33+,36-,45+,46+/m0/s1. The number of amides is 1. The van der Waals surface area contributed by atoms with Crippen LogP contribution in [0.25, 0.3) is 0 Å². The first-order valence-corrected chi connectivity index (χ1v) is 22.9. The third-order valence-corrected chi connectivity index (χ3v) is 12.8. The molecule has 0 radical (unpaired) electrons. The molecule has 4 bridgehead atoms. The van der Waals surface area contributed by atoms with Gasteiger partial charge in [0.2, 0.25) is 5.78 Å². The number of likely N-dealkylation sites (tertiary alicyclic amines) is 1. The summed E-state index contributed by atoms with van der Waals surface area (Å²) in [6.45, 7) is 24.4. The number of benzene rings is 1. The lowest BCUT2D eigenvalue weighted by Gasteiger charge is -2.41. The molecule has 1 aliphatic carbocycles. The third kappa shape index (κ3) is 11.2. The van der Waals surface area contributed by atoms with Gasteiger partial charge < -0.3 is 44.7 Å². The summed E-state index contributed by atoms with van der Waals surface area (Å²) >= 11 is 0. The average molecular weight is 889 g/mol. The van der Waals surface area contributed by atoms with Gasteiger partial charge in [-0.05, 0) is 58.8 Å². The van der Waals surface area contributed by atoms with E-state index >= 15 is 0 Å². The van der Waals surface area contributed by atoms with Crippen LogP contribution in [0, 0.1) is 36.5 Å². The Labute approximate surface area is 379 Å². The van der Waals surface area contributed by atoms with Crippen molar-refractivity contribution in [2.24, 2.45) is 34.6 Å². The largest absolute Gasteiger partial charge is 0.507 e. The molecule has 5 rings (SSSR count). The molecular weight excluding hydrogens is 817 g/mol. The minimum absolute atomic E-state index is 0.00596. The summed E-state index contributed by atoms with van der Waals surface area (Å²) in [4.78, 5) is 64.1. The van der Waals surface area contributed by atoms with Crippen molar-refractivity contribution in [1.29, 1.82) is 0 Å². The second-order valence-corrected chi connectivity index (χ2v) is 19.2. The Morgan fingerprint density at radius 1 is 1.00 bits per heavy atom. The average Bonchev–Trinajstić information content (AvgIpc) is 3.58. The van der Waals surface area contributed by atoms with E-state index in [0.29, 0.717) is 42.2 Å². The molecule has 1 fully saturated rings. The number of hydrogen-bond donors (Lipinski definition) is 4. The Kier molecular flexibility index (Phi) is 16.3. The molecule has 1 aromatic rings. The maximum absolute atomic E-state index is 14.9. The maximum Gasteiger partial charge on any atom is 0.302 e. The van der Waals surface area contributed by atoms with Crippen molar-refractivity contribution in [3.05, 3.63) is 69.6 Å². The predicted octanol–water partition coefficient (Wildman–Crippen LogP) is 7.10. The van der Waals surface area contributed by atoms with Gasteiger partial charge in [-0.15, -0.1) is 0 Å². The highest BCUT2D eigenvalue weighted by Gasteiger charge is 2.48. The number of rotatable bonds is 8. The number of Topliss-reactive ketones (excluding diaryl/α,β-unsaturated/α-hetero) is 2. The van der Waals surface area contributed by atoms with E-state index in [1.807, 2.05) is 33.8 Å². The predicted molar refractivity (Wildman–Crippen MR) is 246 cm³/mol. The van der Waals surface area contributed by atoms with Crippen LogP contribution >= 0.6 is 0 Å². The number of phenols is 1. The molecule has 1 aromatic carbocycles. The van der Waals surface area contributed by atoms with Gasteiger partial charge in [-0.1, -0.05) is 71.9 Å². The molecule has 7 atom stereocenters. The molecule has 3 aliphatic heterocycles. The Bertz CT molecular complexity index is 2100. The molecule has 14 heteroatoms. The van der Waals surface area contributed by atoms with Crippen molar-refractivity contribution >= 4 is 29.2 Å². The normalized spacial score (nSPS) is 29.1. The number of phenolic OH excluding ortho intramolecular Hbond substituents is 1. The fraction of sp³-hybridized carbons (Fsp3) is 0.620. The number of ketones is 2. The highest BCUT2D eigenvalue weighted by molar-refractivity contribution is 6.34. The van der Waals surface area contributed by atoms with Crippen LogP contribution in [0.2, 0.25) is 0 Å². The zero-order valence-corrected chi connectivity index (χ0v) is 40.2. The van der Waals surface area contributed by atoms with Crippen LogP contribution in [0.15, 0.2) is 52.3 Å². The van der Waals surface area contributed by atoms with E-state index in [-0.39, 0.29) is 64.3 Å². The van der Waals surface area contributed by atoms with Crippen LogP contribution in [-0.4, -0.2) is 107 Å². The zero-order chi connectivity index (χ0) is 47.4. The minimum Gasteiger partial charge on any atom is -0.507 e. The summed E-state index contributed by atoms with van der Waals surface area (Å²) in [5.41, 5.74) is 0.376. The molecule has 1 amide bonds. The SMILES string of the molecule is CCOc1c(C)c(O)c2c3c1C(=O)C/C=C/[C@H](OC)[C@@H](C)[C@@H](OC(C)=O)[C@H](C)[C@H](OC(C)(C)O)[C@H](C)C[C@@H](C)/C=C/C=C(/C)C(=O)NC(=C1NC4(CCN(CC(C)C)CC4)N=C13)C2=O. The van der Waals surface area contributed by atoms with Gasteiger partial charge in [0.1, 0.15) is 29.0 Å². The molecule has 1 spiro atoms. The Morgan fingerprint density at radius 2 is 1.67 bits per heavy atom. The Morgan fingerprint density at radius 3 is 2.27 bits per heavy atom. The lowest BCUT2D eigenvalue weighted by Crippen LogP contribution is -2.50. The van der Waals surface area contributed by atoms with E-state index in [0.717, 1.165) is 19.6 Å². The maximum atomic E-state index is 14.9. The number of nitrogens with zero attached hydrogens (tertiary/aromatic N) is 2. The van der Waals surface area contributed by atoms with Crippen molar-refractivity contribution in [3.8, 4) is 11.5 Å². The van der Waals surface area contributed by atoms with Gasteiger partial charge in [0.15, 0.2) is 11.6 Å². The van der Waals surface area contributed by atoms with Crippen LogP contribution in [-0.2, 0) is 23.8 Å². The Hall–Kier alpha value is -4.63. The summed E-state index contributed by atoms with van der Waals surface area (Å²) in [5, 5.41) is 29.2. The molecule has 0 aromatic heterocycles. The zero-order valence-electron chi connectivity index (χ0n) is 40.2. The molecule has 0 saturated carbocycles. The number of aliphatic hydroxyl groups is 1. The number of allylic oxidation sites excluding steroid dienone is 6. The fourth-order valence-electron chi connectivity index (χ4n) is 9.75. The lowest BCUT2D eigenvalue weighted by molar-refractivity contribution is -0.238. The van der Waals surface area contributed by atoms with Crippen LogP contribution in [0.1, 0.15) is 134 Å². The summed E-state index contributed by atoms with van der Waals surface area (Å²) in [7, 11) is 1.55. The number of methoxy groups -OCH3 is 1. The molecule has 0 unspecified atom stereocenters. The number of ether oxygens (including phenoxy) is 4. The lowest BCUT2D eigenvalue weighted by atomic mass is 9.79. The van der Waals surface area contributed by atoms with E-state index < -0.39 is 65.0 Å². The first kappa shape index (κ1) is 50.4. The topological polar surface area (TPSA) is 185 Å². The Balaban J connectivity index is 1.71. The number of carbonyl (C=O) groups is 4. The molecule has 352 valence electrons. The van der Waals surface area contributed by atoms with Gasteiger partial charge in [-0.2, -0.15) is 0 Å². The highest BCUT2D eigenvalue weighted by atomic mass is 16.6. The molecule has 3 heterocycles. The molecule has 4 N–H and O–H groups in total. The molecular formula is C50H72N4O10. The van der Waals surface area contributed by atoms with Crippen molar-refractivity contribution < 1.29 is 48.3 Å². The van der Waals surface area contributed by atoms with Crippen molar-refractivity contribution in [2.75, 3.05) is 33.4 Å². The van der Waals surface area contributed by atoms with Crippen molar-refractivity contribution in [3.63, 3.8) is 0 Å². The summed E-state index contributed by atoms with van der Waals surface area (Å²) < 4.78 is 24.5. The number of piperidine rings is 1. The van der Waals surface area contributed by atoms with Gasteiger partial charge in [0, 0.05) is 81.5 Å². The van der Waals surface area contributed by atoms with Gasteiger partial charge in [-0.25, -0.2) is 0 Å². The van der Waals surface area contributed by atoms with Crippen LogP contribution in [0.3, 0.4) is 0 Å². The molecule has 4 aliphatic rings. The molecule has 14 nitrogen and oxygen atoms in total. The van der Waals surface area contributed by atoms with Crippen LogP contribution < -0.4 is 15.4 Å². The number of esters is 1. The number of hydrogen-bond acceptors (Lipinski definition) is 13. The number of aromatic hydroxyl groups is 1. The van der Waals surface area contributed by atoms with Gasteiger partial charge in [0.05, 0.1) is 41.4 Å². The third-order valence-electron chi connectivity index (χ3n) is 12.8. The second kappa shape index (κ2) is 20.7. The van der Waals surface area contributed by atoms with E-state index in [9.17, 15) is 29.4 Å². The fourth-order valence-corrected chi connectivity index (χ4v) is 9.75.